The molecule has 0 saturated carbocycles. The Morgan fingerprint density at radius 1 is 1.41 bits per heavy atom. The minimum atomic E-state index is -3.11. The average Bonchev–Trinajstić information content (AvgIpc) is 2.97. The lowest BCUT2D eigenvalue weighted by molar-refractivity contribution is 0.370. The van der Waals surface area contributed by atoms with Gasteiger partial charge in [-0.1, -0.05) is 6.92 Å². The van der Waals surface area contributed by atoms with Gasteiger partial charge in [-0.2, -0.15) is 16.1 Å². The van der Waals surface area contributed by atoms with Crippen molar-refractivity contribution in [3.63, 3.8) is 0 Å². The molecule has 2 rings (SSSR count). The van der Waals surface area contributed by atoms with Crippen molar-refractivity contribution in [1.82, 2.24) is 14.5 Å². The molecule has 6 nitrogen and oxygen atoms in total. The van der Waals surface area contributed by atoms with Crippen LogP contribution in [0.15, 0.2) is 4.99 Å². The highest BCUT2D eigenvalue weighted by molar-refractivity contribution is 8.00. The molecule has 0 aliphatic carbocycles. The molecule has 8 heteroatoms. The zero-order valence-electron chi connectivity index (χ0n) is 13.8. The van der Waals surface area contributed by atoms with Crippen molar-refractivity contribution in [3.8, 4) is 0 Å². The highest BCUT2D eigenvalue weighted by Crippen LogP contribution is 2.22. The fourth-order valence-corrected chi connectivity index (χ4v) is 5.51. The van der Waals surface area contributed by atoms with Gasteiger partial charge in [-0.05, 0) is 19.3 Å². The van der Waals surface area contributed by atoms with Crippen molar-refractivity contribution in [3.05, 3.63) is 0 Å². The summed E-state index contributed by atoms with van der Waals surface area (Å²) in [6, 6.07) is 0.0490. The highest BCUT2D eigenvalue weighted by atomic mass is 32.2. The molecule has 0 bridgehead atoms. The van der Waals surface area contributed by atoms with Gasteiger partial charge in [-0.15, -0.1) is 0 Å². The lowest BCUT2D eigenvalue weighted by atomic mass is 10.2. The summed E-state index contributed by atoms with van der Waals surface area (Å²) >= 11 is 2.03. The smallest absolute Gasteiger partial charge is 0.211 e. The Morgan fingerprint density at radius 3 is 2.82 bits per heavy atom. The number of hydrogen-bond donors (Lipinski definition) is 1. The van der Waals surface area contributed by atoms with E-state index in [1.807, 2.05) is 11.8 Å². The second kappa shape index (κ2) is 7.88. The molecule has 1 unspecified atom stereocenters. The van der Waals surface area contributed by atoms with E-state index in [4.69, 9.17) is 0 Å². The normalized spacial score (nSPS) is 28.1. The zero-order chi connectivity index (χ0) is 16.2. The highest BCUT2D eigenvalue weighted by Gasteiger charge is 2.31. The molecule has 2 heterocycles. The average molecular weight is 349 g/mol. The van der Waals surface area contributed by atoms with E-state index < -0.39 is 10.0 Å². The molecule has 2 fully saturated rings. The van der Waals surface area contributed by atoms with Crippen LogP contribution in [0.25, 0.3) is 0 Å². The maximum absolute atomic E-state index is 11.8. The molecular formula is C14H28N4O2S2. The largest absolute Gasteiger partial charge is 0.355 e. The summed E-state index contributed by atoms with van der Waals surface area (Å²) in [6.45, 7) is 5.52. The number of nitrogens with one attached hydrogen (secondary N) is 1. The first-order chi connectivity index (χ1) is 10.5. The fourth-order valence-electron chi connectivity index (χ4n) is 3.15. The fraction of sp³-hybridized carbons (Fsp3) is 0.929. The van der Waals surface area contributed by atoms with Crippen molar-refractivity contribution in [2.24, 2.45) is 4.99 Å². The molecule has 2 atom stereocenters. The van der Waals surface area contributed by atoms with Crippen molar-refractivity contribution in [2.75, 3.05) is 45.2 Å². The summed E-state index contributed by atoms with van der Waals surface area (Å²) < 4.78 is 25.2. The van der Waals surface area contributed by atoms with Crippen LogP contribution in [0.1, 0.15) is 26.2 Å². The monoisotopic (exact) mass is 348 g/mol. The maximum atomic E-state index is 11.8. The van der Waals surface area contributed by atoms with Gasteiger partial charge in [0.05, 0.1) is 6.26 Å². The number of rotatable bonds is 4. The van der Waals surface area contributed by atoms with E-state index in [1.165, 1.54) is 12.7 Å². The molecule has 2 saturated heterocycles. The van der Waals surface area contributed by atoms with Crippen molar-refractivity contribution in [1.29, 1.82) is 0 Å². The topological polar surface area (TPSA) is 65.0 Å². The first-order valence-corrected chi connectivity index (χ1v) is 10.9. The van der Waals surface area contributed by atoms with Gasteiger partial charge < -0.3 is 10.2 Å². The molecule has 128 valence electrons. The minimum absolute atomic E-state index is 0.0490. The van der Waals surface area contributed by atoms with Crippen LogP contribution in [0.2, 0.25) is 0 Å². The van der Waals surface area contributed by atoms with Gasteiger partial charge in [0.15, 0.2) is 5.96 Å². The molecule has 0 spiro atoms. The Balaban J connectivity index is 1.91. The van der Waals surface area contributed by atoms with E-state index in [0.717, 1.165) is 37.6 Å². The van der Waals surface area contributed by atoms with E-state index in [1.54, 1.807) is 11.4 Å². The first kappa shape index (κ1) is 17.9. The van der Waals surface area contributed by atoms with Crippen molar-refractivity contribution in [2.45, 2.75) is 37.5 Å². The maximum Gasteiger partial charge on any atom is 0.211 e. The zero-order valence-corrected chi connectivity index (χ0v) is 15.4. The molecule has 0 aromatic heterocycles. The summed E-state index contributed by atoms with van der Waals surface area (Å²) in [6.07, 6.45) is 4.33. The summed E-state index contributed by atoms with van der Waals surface area (Å²) in [5.74, 6) is 2.03. The standard InChI is InChI=1S/C14H28N4O2S2/c1-4-13-11-17(8-9-21-13)14(15-2)16-10-12-6-5-7-18(12)22(3,19)20/h12-13H,4-11H2,1-3H3,(H,15,16)/t12-,13?/m1/s1. The molecule has 2 aliphatic rings. The van der Waals surface area contributed by atoms with E-state index in [9.17, 15) is 8.42 Å². The minimum Gasteiger partial charge on any atom is -0.355 e. The second-order valence-electron chi connectivity index (χ2n) is 5.94. The number of aliphatic imine (C=N–C) groups is 1. The van der Waals surface area contributed by atoms with Gasteiger partial charge >= 0.3 is 0 Å². The van der Waals surface area contributed by atoms with Crippen LogP contribution in [-0.4, -0.2) is 80.1 Å². The van der Waals surface area contributed by atoms with E-state index >= 15 is 0 Å². The number of thioether (sulfide) groups is 1. The molecule has 2 aliphatic heterocycles. The molecule has 22 heavy (non-hydrogen) atoms. The molecule has 0 amide bonds. The molecule has 0 aromatic rings. The third kappa shape index (κ3) is 4.52. The van der Waals surface area contributed by atoms with Gasteiger partial charge in [0.25, 0.3) is 0 Å². The van der Waals surface area contributed by atoms with E-state index in [2.05, 4.69) is 22.1 Å². The number of nitrogens with zero attached hydrogens (tertiary/aromatic N) is 3. The van der Waals surface area contributed by atoms with Crippen LogP contribution < -0.4 is 5.32 Å². The predicted molar refractivity (Wildman–Crippen MR) is 94.0 cm³/mol. The Morgan fingerprint density at radius 2 is 2.18 bits per heavy atom. The van der Waals surface area contributed by atoms with Crippen LogP contribution in [0.3, 0.4) is 0 Å². The summed E-state index contributed by atoms with van der Waals surface area (Å²) in [7, 11) is -1.31. The van der Waals surface area contributed by atoms with Crippen LogP contribution in [0.4, 0.5) is 0 Å². The Labute approximate surface area is 138 Å². The van der Waals surface area contributed by atoms with Gasteiger partial charge in [-0.25, -0.2) is 8.42 Å². The predicted octanol–water partition coefficient (Wildman–Crippen LogP) is 0.813. The van der Waals surface area contributed by atoms with Crippen LogP contribution in [0.5, 0.6) is 0 Å². The molecule has 1 N–H and O–H groups in total. The first-order valence-electron chi connectivity index (χ1n) is 7.99. The number of hydrogen-bond acceptors (Lipinski definition) is 4. The quantitative estimate of drug-likeness (QED) is 0.602. The van der Waals surface area contributed by atoms with Gasteiger partial charge in [0, 0.05) is 50.3 Å². The van der Waals surface area contributed by atoms with Gasteiger partial charge in [0.1, 0.15) is 0 Å². The van der Waals surface area contributed by atoms with Gasteiger partial charge in [0.2, 0.25) is 10.0 Å². The van der Waals surface area contributed by atoms with Crippen LogP contribution in [0, 0.1) is 0 Å². The van der Waals surface area contributed by atoms with Crippen LogP contribution in [-0.2, 0) is 10.0 Å². The van der Waals surface area contributed by atoms with E-state index in [-0.39, 0.29) is 6.04 Å². The third-order valence-corrected chi connectivity index (χ3v) is 7.06. The van der Waals surface area contributed by atoms with Gasteiger partial charge in [-0.3, -0.25) is 4.99 Å². The lowest BCUT2D eigenvalue weighted by Gasteiger charge is -2.35. The Bertz CT molecular complexity index is 495. The SMILES string of the molecule is CCC1CN(C(=NC)NC[C@H]2CCCN2S(C)(=O)=O)CCS1. The Hall–Kier alpha value is -0.470. The number of sulfonamides is 1. The van der Waals surface area contributed by atoms with Crippen molar-refractivity contribution < 1.29 is 8.42 Å². The summed E-state index contributed by atoms with van der Waals surface area (Å²) in [5.41, 5.74) is 0. The summed E-state index contributed by atoms with van der Waals surface area (Å²) in [4.78, 5) is 6.68. The van der Waals surface area contributed by atoms with Crippen LogP contribution >= 0.6 is 11.8 Å². The molecule has 0 aromatic carbocycles. The Kier molecular flexibility index (Phi) is 6.40. The summed E-state index contributed by atoms with van der Waals surface area (Å²) in [5, 5.41) is 4.05. The third-order valence-electron chi connectivity index (χ3n) is 4.35. The van der Waals surface area contributed by atoms with Crippen molar-refractivity contribution >= 4 is 27.7 Å². The van der Waals surface area contributed by atoms with E-state index in [0.29, 0.717) is 18.3 Å². The lowest BCUT2D eigenvalue weighted by Crippen LogP contribution is -2.51. The molecular weight excluding hydrogens is 320 g/mol. The number of guanidine groups is 1. The molecule has 0 radical (unpaired) electrons. The second-order valence-corrected chi connectivity index (χ2v) is 9.29.